The number of carbonyl (C=O) groups is 1. The maximum atomic E-state index is 12.3. The third kappa shape index (κ3) is 5.71. The molecule has 0 saturated heterocycles. The fourth-order valence-corrected chi connectivity index (χ4v) is 3.22. The Balaban J connectivity index is 2.12. The van der Waals surface area contributed by atoms with Crippen LogP contribution in [-0.4, -0.2) is 31.4 Å². The number of aryl methyl sites for hydroxylation is 1. The molecule has 0 aliphatic rings. The van der Waals surface area contributed by atoms with E-state index in [1.54, 1.807) is 18.2 Å². The average molecular weight is 401 g/mol. The zero-order chi connectivity index (χ0) is 18.6. The molecular weight excluding hydrogens is 383 g/mol. The first-order valence-electron chi connectivity index (χ1n) is 7.41. The summed E-state index contributed by atoms with van der Waals surface area (Å²) in [4.78, 5) is 12.3. The molecular formula is C17H18Cl2N2O3S. The highest BCUT2D eigenvalue weighted by molar-refractivity contribution is 7.88. The van der Waals surface area contributed by atoms with Crippen molar-refractivity contribution < 1.29 is 13.2 Å². The number of carbonyl (C=O) groups excluding carboxylic acids is 1. The van der Waals surface area contributed by atoms with E-state index in [0.717, 1.165) is 21.7 Å². The molecule has 0 fully saturated rings. The molecule has 0 saturated carbocycles. The molecule has 0 unspecified atom stereocenters. The van der Waals surface area contributed by atoms with E-state index in [2.05, 4.69) is 5.32 Å². The van der Waals surface area contributed by atoms with Gasteiger partial charge in [-0.1, -0.05) is 59.1 Å². The molecule has 1 N–H and O–H groups in total. The number of anilines is 1. The SMILES string of the molecule is Cc1ccc(CN(CC(=O)Nc2cccc(Cl)c2Cl)S(C)(=O)=O)cc1. The summed E-state index contributed by atoms with van der Waals surface area (Å²) in [6, 6.07) is 12.3. The maximum Gasteiger partial charge on any atom is 0.239 e. The average Bonchev–Trinajstić information content (AvgIpc) is 2.52. The van der Waals surface area contributed by atoms with E-state index in [-0.39, 0.29) is 18.1 Å². The summed E-state index contributed by atoms with van der Waals surface area (Å²) in [7, 11) is -3.57. The number of benzene rings is 2. The van der Waals surface area contributed by atoms with E-state index in [1.807, 2.05) is 31.2 Å². The van der Waals surface area contributed by atoms with Crippen LogP contribution in [0.1, 0.15) is 11.1 Å². The van der Waals surface area contributed by atoms with Crippen LogP contribution in [0, 0.1) is 6.92 Å². The Hall–Kier alpha value is -1.60. The lowest BCUT2D eigenvalue weighted by Crippen LogP contribution is -2.36. The van der Waals surface area contributed by atoms with Gasteiger partial charge < -0.3 is 5.32 Å². The molecule has 0 atom stereocenters. The van der Waals surface area contributed by atoms with Gasteiger partial charge in [-0.3, -0.25) is 4.79 Å². The van der Waals surface area contributed by atoms with Crippen molar-refractivity contribution >= 4 is 44.8 Å². The van der Waals surface area contributed by atoms with Crippen molar-refractivity contribution in [1.29, 1.82) is 0 Å². The third-order valence-corrected chi connectivity index (χ3v) is 5.51. The van der Waals surface area contributed by atoms with Gasteiger partial charge in [0, 0.05) is 6.54 Å². The smallest absolute Gasteiger partial charge is 0.239 e. The van der Waals surface area contributed by atoms with Crippen molar-refractivity contribution in [3.63, 3.8) is 0 Å². The van der Waals surface area contributed by atoms with Crippen molar-refractivity contribution in [2.45, 2.75) is 13.5 Å². The fourth-order valence-electron chi connectivity index (χ4n) is 2.14. The van der Waals surface area contributed by atoms with Gasteiger partial charge in [0.05, 0.1) is 28.5 Å². The van der Waals surface area contributed by atoms with Crippen LogP contribution in [0.4, 0.5) is 5.69 Å². The van der Waals surface area contributed by atoms with Crippen molar-refractivity contribution in [2.24, 2.45) is 0 Å². The van der Waals surface area contributed by atoms with Crippen LogP contribution in [0.2, 0.25) is 10.0 Å². The molecule has 25 heavy (non-hydrogen) atoms. The first-order chi connectivity index (χ1) is 11.7. The Morgan fingerprint density at radius 1 is 1.12 bits per heavy atom. The molecule has 134 valence electrons. The number of hydrogen-bond donors (Lipinski definition) is 1. The minimum absolute atomic E-state index is 0.107. The second-order valence-electron chi connectivity index (χ2n) is 5.67. The van der Waals surface area contributed by atoms with Crippen LogP contribution in [0.3, 0.4) is 0 Å². The molecule has 0 aliphatic carbocycles. The third-order valence-electron chi connectivity index (χ3n) is 3.49. The summed E-state index contributed by atoms with van der Waals surface area (Å²) < 4.78 is 25.1. The van der Waals surface area contributed by atoms with Gasteiger partial charge in [0.15, 0.2) is 0 Å². The number of rotatable bonds is 6. The Morgan fingerprint density at radius 2 is 1.76 bits per heavy atom. The first-order valence-corrected chi connectivity index (χ1v) is 10.0. The van der Waals surface area contributed by atoms with E-state index in [1.165, 1.54) is 0 Å². The fraction of sp³-hybridized carbons (Fsp3) is 0.235. The molecule has 2 rings (SSSR count). The summed E-state index contributed by atoms with van der Waals surface area (Å²) in [5.74, 6) is -0.498. The van der Waals surface area contributed by atoms with Gasteiger partial charge in [-0.15, -0.1) is 0 Å². The van der Waals surface area contributed by atoms with Crippen LogP contribution in [0.15, 0.2) is 42.5 Å². The highest BCUT2D eigenvalue weighted by Gasteiger charge is 2.21. The van der Waals surface area contributed by atoms with Crippen molar-refractivity contribution in [1.82, 2.24) is 4.31 Å². The lowest BCUT2D eigenvalue weighted by molar-refractivity contribution is -0.116. The number of halogens is 2. The van der Waals surface area contributed by atoms with Crippen LogP contribution in [-0.2, 0) is 21.4 Å². The number of sulfonamides is 1. The minimum Gasteiger partial charge on any atom is -0.324 e. The predicted octanol–water partition coefficient (Wildman–Crippen LogP) is 3.70. The highest BCUT2D eigenvalue weighted by Crippen LogP contribution is 2.29. The topological polar surface area (TPSA) is 66.5 Å². The lowest BCUT2D eigenvalue weighted by Gasteiger charge is -2.20. The molecule has 2 aromatic carbocycles. The Kier molecular flexibility index (Phi) is 6.46. The molecule has 0 radical (unpaired) electrons. The lowest BCUT2D eigenvalue weighted by atomic mass is 10.1. The zero-order valence-corrected chi connectivity index (χ0v) is 16.1. The molecule has 0 spiro atoms. The van der Waals surface area contributed by atoms with Crippen molar-refractivity contribution in [2.75, 3.05) is 18.1 Å². The number of nitrogens with one attached hydrogen (secondary N) is 1. The maximum absolute atomic E-state index is 12.3. The Morgan fingerprint density at radius 3 is 2.36 bits per heavy atom. The van der Waals surface area contributed by atoms with Gasteiger partial charge in [-0.05, 0) is 24.6 Å². The quantitative estimate of drug-likeness (QED) is 0.803. The normalized spacial score (nSPS) is 11.6. The molecule has 5 nitrogen and oxygen atoms in total. The van der Waals surface area contributed by atoms with E-state index in [4.69, 9.17) is 23.2 Å². The van der Waals surface area contributed by atoms with Crippen LogP contribution < -0.4 is 5.32 Å². The monoisotopic (exact) mass is 400 g/mol. The molecule has 0 aromatic heterocycles. The molecule has 0 bridgehead atoms. The summed E-state index contributed by atoms with van der Waals surface area (Å²) in [6.45, 7) is 1.73. The van der Waals surface area contributed by atoms with E-state index < -0.39 is 15.9 Å². The van der Waals surface area contributed by atoms with E-state index in [0.29, 0.717) is 10.7 Å². The number of nitrogens with zero attached hydrogens (tertiary/aromatic N) is 1. The van der Waals surface area contributed by atoms with Gasteiger partial charge in [-0.25, -0.2) is 8.42 Å². The van der Waals surface area contributed by atoms with Gasteiger partial charge in [0.25, 0.3) is 0 Å². The molecule has 1 amide bonds. The first kappa shape index (κ1) is 19.7. The van der Waals surface area contributed by atoms with Crippen LogP contribution >= 0.6 is 23.2 Å². The second kappa shape index (κ2) is 8.19. The molecule has 8 heteroatoms. The minimum atomic E-state index is -3.57. The Bertz CT molecular complexity index is 868. The summed E-state index contributed by atoms with van der Waals surface area (Å²) in [5, 5.41) is 3.10. The highest BCUT2D eigenvalue weighted by atomic mass is 35.5. The Labute approximate surface area is 157 Å². The van der Waals surface area contributed by atoms with Gasteiger partial charge in [-0.2, -0.15) is 4.31 Å². The van der Waals surface area contributed by atoms with Crippen LogP contribution in [0.25, 0.3) is 0 Å². The van der Waals surface area contributed by atoms with E-state index in [9.17, 15) is 13.2 Å². The largest absolute Gasteiger partial charge is 0.324 e. The standard InChI is InChI=1S/C17H18Cl2N2O3S/c1-12-6-8-13(9-7-12)10-21(25(2,23)24)11-16(22)20-15-5-3-4-14(18)17(15)19/h3-9H,10-11H2,1-2H3,(H,20,22). The second-order valence-corrected chi connectivity index (χ2v) is 8.43. The molecule has 2 aromatic rings. The van der Waals surface area contributed by atoms with Gasteiger partial charge in [0.1, 0.15) is 0 Å². The predicted molar refractivity (Wildman–Crippen MR) is 102 cm³/mol. The molecule has 0 aliphatic heterocycles. The van der Waals surface area contributed by atoms with E-state index >= 15 is 0 Å². The van der Waals surface area contributed by atoms with Gasteiger partial charge >= 0.3 is 0 Å². The zero-order valence-electron chi connectivity index (χ0n) is 13.8. The summed E-state index contributed by atoms with van der Waals surface area (Å²) in [5.41, 5.74) is 2.20. The molecule has 0 heterocycles. The summed E-state index contributed by atoms with van der Waals surface area (Å²) in [6.07, 6.45) is 1.07. The van der Waals surface area contributed by atoms with Crippen molar-refractivity contribution in [3.05, 3.63) is 63.6 Å². The van der Waals surface area contributed by atoms with Gasteiger partial charge in [0.2, 0.25) is 15.9 Å². The number of amides is 1. The number of hydrogen-bond acceptors (Lipinski definition) is 3. The van der Waals surface area contributed by atoms with Crippen LogP contribution in [0.5, 0.6) is 0 Å². The van der Waals surface area contributed by atoms with Crippen molar-refractivity contribution in [3.8, 4) is 0 Å². The summed E-state index contributed by atoms with van der Waals surface area (Å²) >= 11 is 11.9.